The molecule has 434 valence electrons. The summed E-state index contributed by atoms with van der Waals surface area (Å²) in [5.41, 5.74) is 0. The average Bonchev–Trinajstić information content (AvgIpc) is 3.42. The summed E-state index contributed by atoms with van der Waals surface area (Å²) in [4.78, 5) is 51.1. The highest BCUT2D eigenvalue weighted by atomic mass is 16.7. The number of unbranched alkanes of at least 4 members (excludes halogenated alkanes) is 14. The Morgan fingerprint density at radius 2 is 0.818 bits per heavy atom. The molecule has 6 atom stereocenters. The molecular weight excluding hydrogens is 973 g/mol. The third-order valence-corrected chi connectivity index (χ3v) is 12.5. The molecule has 0 amide bonds. The zero-order chi connectivity index (χ0) is 56.1. The number of esters is 3. The lowest BCUT2D eigenvalue weighted by Crippen LogP contribution is -2.61. The number of rotatable bonds is 48. The van der Waals surface area contributed by atoms with Gasteiger partial charge in [-0.05, 0) is 128 Å². The zero-order valence-electron chi connectivity index (χ0n) is 47.7. The van der Waals surface area contributed by atoms with Crippen LogP contribution in [-0.4, -0.2) is 89.2 Å². The Morgan fingerprint density at radius 3 is 1.27 bits per heavy atom. The minimum absolute atomic E-state index is 0.00241. The molecule has 0 spiro atoms. The molecule has 0 aliphatic carbocycles. The molecule has 12 nitrogen and oxygen atoms in total. The van der Waals surface area contributed by atoms with Crippen molar-refractivity contribution in [3.63, 3.8) is 0 Å². The smallest absolute Gasteiger partial charge is 0.335 e. The molecule has 1 fully saturated rings. The minimum Gasteiger partial charge on any atom is -0.479 e. The first-order chi connectivity index (χ1) is 37.6. The van der Waals surface area contributed by atoms with Crippen molar-refractivity contribution >= 4 is 23.9 Å². The number of aliphatic hydroxyl groups excluding tert-OH is 2. The lowest BCUT2D eigenvalue weighted by Gasteiger charge is -2.40. The summed E-state index contributed by atoms with van der Waals surface area (Å²) in [5, 5.41) is 31.5. The normalized spacial score (nSPS) is 18.9. The number of carboxylic acids is 1. The van der Waals surface area contributed by atoms with Crippen molar-refractivity contribution in [1.82, 2.24) is 0 Å². The molecule has 12 heteroatoms. The van der Waals surface area contributed by atoms with Crippen molar-refractivity contribution in [3.05, 3.63) is 122 Å². The van der Waals surface area contributed by atoms with Crippen LogP contribution in [0.5, 0.6) is 0 Å². The van der Waals surface area contributed by atoms with E-state index in [-0.39, 0.29) is 25.9 Å². The van der Waals surface area contributed by atoms with Gasteiger partial charge in [0.25, 0.3) is 0 Å². The van der Waals surface area contributed by atoms with Gasteiger partial charge in [-0.25, -0.2) is 4.79 Å². The second-order valence-electron chi connectivity index (χ2n) is 19.5. The van der Waals surface area contributed by atoms with Gasteiger partial charge < -0.3 is 39.0 Å². The van der Waals surface area contributed by atoms with Gasteiger partial charge in [0.05, 0.1) is 6.61 Å². The van der Waals surface area contributed by atoms with E-state index in [9.17, 15) is 34.5 Å². The molecule has 1 aliphatic rings. The molecule has 77 heavy (non-hydrogen) atoms. The summed E-state index contributed by atoms with van der Waals surface area (Å²) >= 11 is 0. The maximum absolute atomic E-state index is 13.1. The molecule has 0 aromatic rings. The highest BCUT2D eigenvalue weighted by Gasteiger charge is 2.50. The van der Waals surface area contributed by atoms with Crippen LogP contribution in [0.3, 0.4) is 0 Å². The van der Waals surface area contributed by atoms with Crippen LogP contribution < -0.4 is 0 Å². The van der Waals surface area contributed by atoms with E-state index >= 15 is 0 Å². The van der Waals surface area contributed by atoms with Crippen molar-refractivity contribution < 1.29 is 58.2 Å². The molecule has 1 aliphatic heterocycles. The third kappa shape index (κ3) is 41.8. The number of hydrogen-bond acceptors (Lipinski definition) is 11. The van der Waals surface area contributed by atoms with Gasteiger partial charge in [0, 0.05) is 19.3 Å². The molecule has 0 radical (unpaired) electrons. The van der Waals surface area contributed by atoms with E-state index in [1.54, 1.807) is 0 Å². The Balaban J connectivity index is 2.76. The van der Waals surface area contributed by atoms with E-state index < -0.39 is 67.3 Å². The van der Waals surface area contributed by atoms with Crippen LogP contribution in [0.15, 0.2) is 122 Å². The Bertz CT molecular complexity index is 1800. The van der Waals surface area contributed by atoms with Crippen LogP contribution in [0.1, 0.15) is 213 Å². The Hall–Kier alpha value is -4.88. The standard InChI is InChI=1S/C65H102O12/c1-4-7-10-13-16-19-22-25-28-29-32-33-36-39-42-45-48-51-57(66)73-54-56(75-58(67)52-49-46-43-40-37-34-30-26-23-20-17-14-11-8-5-2)55-74-65-63(61(70)60(69)62(77-65)64(71)72)76-59(68)53-50-47-44-41-38-35-31-27-24-21-18-15-12-9-6-3/h7,9-10,12,16-21,25-28,30-33,38,41,56,60-63,65,69-70H,4-6,8,11,13-15,22-24,29,34-37,39-40,42-55H2,1-3H3,(H,71,72)/b10-7-,12-9-,19-16-,20-17-,21-18-,28-25-,30-26-,31-27-,33-32-,41-38-. The summed E-state index contributed by atoms with van der Waals surface area (Å²) in [6.07, 6.45) is 58.8. The first kappa shape index (κ1) is 70.1. The molecule has 0 saturated carbocycles. The first-order valence-corrected chi connectivity index (χ1v) is 29.5. The summed E-state index contributed by atoms with van der Waals surface area (Å²) in [6, 6.07) is 0. The largest absolute Gasteiger partial charge is 0.479 e. The van der Waals surface area contributed by atoms with Gasteiger partial charge in [-0.3, -0.25) is 14.4 Å². The van der Waals surface area contributed by atoms with E-state index in [1.165, 1.54) is 19.3 Å². The van der Waals surface area contributed by atoms with Gasteiger partial charge in [-0.15, -0.1) is 0 Å². The topological polar surface area (TPSA) is 175 Å². The number of allylic oxidation sites excluding steroid dienone is 20. The van der Waals surface area contributed by atoms with Crippen LogP contribution in [0, 0.1) is 0 Å². The van der Waals surface area contributed by atoms with Crippen molar-refractivity contribution in [3.8, 4) is 0 Å². The van der Waals surface area contributed by atoms with E-state index in [2.05, 4.69) is 142 Å². The van der Waals surface area contributed by atoms with Gasteiger partial charge in [0.15, 0.2) is 24.6 Å². The molecule has 1 rings (SSSR count). The predicted octanol–water partition coefficient (Wildman–Crippen LogP) is 15.2. The number of ether oxygens (including phenoxy) is 5. The average molecular weight is 1080 g/mol. The van der Waals surface area contributed by atoms with Crippen LogP contribution in [0.25, 0.3) is 0 Å². The lowest BCUT2D eigenvalue weighted by molar-refractivity contribution is -0.301. The van der Waals surface area contributed by atoms with Crippen LogP contribution >= 0.6 is 0 Å². The molecule has 6 unspecified atom stereocenters. The Kier molecular flexibility index (Phi) is 47.2. The molecule has 0 aromatic carbocycles. The van der Waals surface area contributed by atoms with E-state index in [0.29, 0.717) is 25.7 Å². The quantitative estimate of drug-likeness (QED) is 0.0228. The molecule has 1 saturated heterocycles. The van der Waals surface area contributed by atoms with Crippen molar-refractivity contribution in [2.24, 2.45) is 0 Å². The first-order valence-electron chi connectivity index (χ1n) is 29.5. The van der Waals surface area contributed by atoms with Gasteiger partial charge in [0.1, 0.15) is 18.8 Å². The second kappa shape index (κ2) is 51.9. The van der Waals surface area contributed by atoms with E-state index in [1.807, 2.05) is 0 Å². The van der Waals surface area contributed by atoms with E-state index in [0.717, 1.165) is 128 Å². The van der Waals surface area contributed by atoms with Crippen LogP contribution in [0.4, 0.5) is 0 Å². The number of carboxylic acid groups (broad SMARTS) is 1. The fourth-order valence-corrected chi connectivity index (χ4v) is 8.02. The van der Waals surface area contributed by atoms with Crippen molar-refractivity contribution in [1.29, 1.82) is 0 Å². The van der Waals surface area contributed by atoms with Gasteiger partial charge in [-0.1, -0.05) is 187 Å². The van der Waals surface area contributed by atoms with Gasteiger partial charge in [0.2, 0.25) is 0 Å². The van der Waals surface area contributed by atoms with Crippen LogP contribution in [-0.2, 0) is 42.9 Å². The van der Waals surface area contributed by atoms with Crippen LogP contribution in [0.2, 0.25) is 0 Å². The predicted molar refractivity (Wildman–Crippen MR) is 312 cm³/mol. The molecule has 0 bridgehead atoms. The van der Waals surface area contributed by atoms with E-state index in [4.69, 9.17) is 23.7 Å². The monoisotopic (exact) mass is 1070 g/mol. The molecular formula is C65H102O12. The van der Waals surface area contributed by atoms with Crippen molar-refractivity contribution in [2.75, 3.05) is 13.2 Å². The van der Waals surface area contributed by atoms with Crippen molar-refractivity contribution in [2.45, 2.75) is 250 Å². The maximum Gasteiger partial charge on any atom is 0.335 e. The SMILES string of the molecule is CC/C=C\C/C=C\C/C=C\C/C=C\CCCCCCC(=O)OCC(COC1OC(C(=O)O)C(O)C(O)C1OC(=O)CCCC/C=C\C/C=C\C/C=C\C/C=C\CC)OC(=O)CCCCCCC/C=C\C/C=C\CCCCC. The summed E-state index contributed by atoms with van der Waals surface area (Å²) in [5.74, 6) is -3.24. The zero-order valence-corrected chi connectivity index (χ0v) is 47.7. The van der Waals surface area contributed by atoms with Gasteiger partial charge >= 0.3 is 23.9 Å². The Labute approximate surface area is 465 Å². The summed E-state index contributed by atoms with van der Waals surface area (Å²) < 4.78 is 28.3. The fourth-order valence-electron chi connectivity index (χ4n) is 8.02. The number of carbonyl (C=O) groups is 4. The number of hydrogen-bond donors (Lipinski definition) is 3. The molecule has 3 N–H and O–H groups in total. The molecule has 1 heterocycles. The highest BCUT2D eigenvalue weighted by Crippen LogP contribution is 2.26. The third-order valence-electron chi connectivity index (χ3n) is 12.5. The maximum atomic E-state index is 13.1. The number of aliphatic hydroxyl groups is 2. The summed E-state index contributed by atoms with van der Waals surface area (Å²) in [7, 11) is 0. The number of carbonyl (C=O) groups excluding carboxylic acids is 3. The molecule has 0 aromatic heterocycles. The van der Waals surface area contributed by atoms with Gasteiger partial charge in [-0.2, -0.15) is 0 Å². The second-order valence-corrected chi connectivity index (χ2v) is 19.5. The highest BCUT2D eigenvalue weighted by molar-refractivity contribution is 5.74. The minimum atomic E-state index is -1.93. The fraction of sp³-hybridized carbons (Fsp3) is 0.631. The Morgan fingerprint density at radius 1 is 0.442 bits per heavy atom. The lowest BCUT2D eigenvalue weighted by atomic mass is 9.98. The summed E-state index contributed by atoms with van der Waals surface area (Å²) in [6.45, 7) is 5.67. The number of aliphatic carboxylic acids is 1.